The Morgan fingerprint density at radius 3 is 2.81 bits per heavy atom. The van der Waals surface area contributed by atoms with Gasteiger partial charge in [0.25, 0.3) is 0 Å². The Hall–Kier alpha value is -1.10. The molecule has 2 nitrogen and oxygen atoms in total. The van der Waals surface area contributed by atoms with Crippen molar-refractivity contribution in [3.05, 3.63) is 57.0 Å². The summed E-state index contributed by atoms with van der Waals surface area (Å²) in [6, 6.07) is 8.71. The van der Waals surface area contributed by atoms with E-state index in [1.165, 1.54) is 6.07 Å². The van der Waals surface area contributed by atoms with Gasteiger partial charge in [0.1, 0.15) is 17.2 Å². The van der Waals surface area contributed by atoms with Gasteiger partial charge in [0, 0.05) is 0 Å². The SMILES string of the molecule is Cc1cc(Br)c(F)cc1-n1c(CCl)nc2c(Cl)cccc21. The van der Waals surface area contributed by atoms with Crippen LogP contribution in [0.3, 0.4) is 0 Å². The maximum atomic E-state index is 13.9. The second-order valence-electron chi connectivity index (χ2n) is 4.66. The number of fused-ring (bicyclic) bond motifs is 1. The molecular formula is C15H10BrCl2FN2. The quantitative estimate of drug-likeness (QED) is 0.521. The number of nitrogens with zero attached hydrogens (tertiary/aromatic N) is 2. The maximum absolute atomic E-state index is 13.9. The molecule has 2 aromatic carbocycles. The van der Waals surface area contributed by atoms with Crippen molar-refractivity contribution in [2.24, 2.45) is 0 Å². The summed E-state index contributed by atoms with van der Waals surface area (Å²) in [5.41, 5.74) is 3.09. The van der Waals surface area contributed by atoms with E-state index in [0.29, 0.717) is 26.5 Å². The average molecular weight is 388 g/mol. The van der Waals surface area contributed by atoms with Crippen LogP contribution in [0.15, 0.2) is 34.8 Å². The van der Waals surface area contributed by atoms with Gasteiger partial charge in [-0.15, -0.1) is 11.6 Å². The molecule has 1 heterocycles. The molecule has 6 heteroatoms. The van der Waals surface area contributed by atoms with Crippen molar-refractivity contribution in [2.45, 2.75) is 12.8 Å². The van der Waals surface area contributed by atoms with Crippen molar-refractivity contribution in [1.29, 1.82) is 0 Å². The van der Waals surface area contributed by atoms with Crippen LogP contribution in [0, 0.1) is 12.7 Å². The second kappa shape index (κ2) is 5.59. The fraction of sp³-hybridized carbons (Fsp3) is 0.133. The van der Waals surface area contributed by atoms with Gasteiger partial charge >= 0.3 is 0 Å². The number of para-hydroxylation sites is 1. The molecule has 0 saturated heterocycles. The van der Waals surface area contributed by atoms with Crippen LogP contribution in [-0.4, -0.2) is 9.55 Å². The third-order valence-corrected chi connectivity index (χ3v) is 4.46. The molecular weight excluding hydrogens is 378 g/mol. The molecule has 0 spiro atoms. The first-order valence-electron chi connectivity index (χ1n) is 6.20. The summed E-state index contributed by atoms with van der Waals surface area (Å²) in [5.74, 6) is 0.506. The largest absolute Gasteiger partial charge is 0.295 e. The Labute approximate surface area is 139 Å². The molecule has 0 fully saturated rings. The monoisotopic (exact) mass is 386 g/mol. The summed E-state index contributed by atoms with van der Waals surface area (Å²) in [4.78, 5) is 4.47. The lowest BCUT2D eigenvalue weighted by atomic mass is 10.2. The van der Waals surface area contributed by atoms with Crippen LogP contribution >= 0.6 is 39.1 Å². The number of rotatable bonds is 2. The van der Waals surface area contributed by atoms with Crippen LogP contribution < -0.4 is 0 Å². The maximum Gasteiger partial charge on any atom is 0.139 e. The fourth-order valence-electron chi connectivity index (χ4n) is 2.35. The minimum atomic E-state index is -0.333. The molecule has 3 rings (SSSR count). The number of benzene rings is 2. The first-order valence-corrected chi connectivity index (χ1v) is 7.91. The van der Waals surface area contributed by atoms with E-state index in [4.69, 9.17) is 23.2 Å². The zero-order valence-corrected chi connectivity index (χ0v) is 14.1. The zero-order valence-electron chi connectivity index (χ0n) is 11.0. The fourth-order valence-corrected chi connectivity index (χ4v) is 3.20. The standard InChI is InChI=1S/C15H10BrCl2FN2/c1-8-5-9(16)11(19)6-13(8)21-12-4-2-3-10(18)15(12)20-14(21)7-17/h2-6H,7H2,1H3. The van der Waals surface area contributed by atoms with Gasteiger partial charge in [-0.3, -0.25) is 4.57 Å². The van der Waals surface area contributed by atoms with Crippen LogP contribution in [0.25, 0.3) is 16.7 Å². The molecule has 1 aromatic heterocycles. The van der Waals surface area contributed by atoms with E-state index in [1.807, 2.05) is 23.6 Å². The normalized spacial score (nSPS) is 11.3. The molecule has 0 atom stereocenters. The third-order valence-electron chi connectivity index (χ3n) is 3.30. The van der Waals surface area contributed by atoms with Crippen molar-refractivity contribution in [1.82, 2.24) is 9.55 Å². The molecule has 0 aliphatic rings. The van der Waals surface area contributed by atoms with Gasteiger partial charge in [0.05, 0.1) is 26.6 Å². The van der Waals surface area contributed by atoms with Crippen LogP contribution in [0.1, 0.15) is 11.4 Å². The lowest BCUT2D eigenvalue weighted by Gasteiger charge is -2.12. The van der Waals surface area contributed by atoms with Gasteiger partial charge < -0.3 is 0 Å². The Balaban J connectivity index is 2.39. The topological polar surface area (TPSA) is 17.8 Å². The summed E-state index contributed by atoms with van der Waals surface area (Å²) >= 11 is 15.4. The van der Waals surface area contributed by atoms with Crippen molar-refractivity contribution in [3.63, 3.8) is 0 Å². The molecule has 0 N–H and O–H groups in total. The number of hydrogen-bond donors (Lipinski definition) is 0. The van der Waals surface area contributed by atoms with Crippen molar-refractivity contribution >= 4 is 50.2 Å². The molecule has 0 amide bonds. The number of aryl methyl sites for hydroxylation is 1. The highest BCUT2D eigenvalue weighted by molar-refractivity contribution is 9.10. The number of imidazole rings is 1. The molecule has 0 saturated carbocycles. The van der Waals surface area contributed by atoms with E-state index in [1.54, 1.807) is 12.1 Å². The van der Waals surface area contributed by atoms with Gasteiger partial charge in [-0.1, -0.05) is 17.7 Å². The van der Waals surface area contributed by atoms with Gasteiger partial charge in [-0.05, 0) is 52.7 Å². The molecule has 3 aromatic rings. The van der Waals surface area contributed by atoms with E-state index < -0.39 is 0 Å². The molecule has 21 heavy (non-hydrogen) atoms. The summed E-state index contributed by atoms with van der Waals surface area (Å²) in [6.07, 6.45) is 0. The van der Waals surface area contributed by atoms with Crippen molar-refractivity contribution in [3.8, 4) is 5.69 Å². The van der Waals surface area contributed by atoms with Gasteiger partial charge in [-0.2, -0.15) is 0 Å². The first-order chi connectivity index (χ1) is 10.0. The van der Waals surface area contributed by atoms with Crippen molar-refractivity contribution in [2.75, 3.05) is 0 Å². The summed E-state index contributed by atoms with van der Waals surface area (Å²) in [6.45, 7) is 1.91. The van der Waals surface area contributed by atoms with Gasteiger partial charge in [-0.25, -0.2) is 9.37 Å². The van der Waals surface area contributed by atoms with Gasteiger partial charge in [0.2, 0.25) is 0 Å². The highest BCUT2D eigenvalue weighted by Crippen LogP contribution is 2.31. The molecule has 0 aliphatic carbocycles. The molecule has 0 bridgehead atoms. The summed E-state index contributed by atoms with van der Waals surface area (Å²) in [5, 5.41) is 0.549. The van der Waals surface area contributed by atoms with Crippen molar-refractivity contribution < 1.29 is 4.39 Å². The lowest BCUT2D eigenvalue weighted by molar-refractivity contribution is 0.619. The van der Waals surface area contributed by atoms with Crippen LogP contribution in [0.4, 0.5) is 4.39 Å². The third kappa shape index (κ3) is 2.45. The van der Waals surface area contributed by atoms with E-state index >= 15 is 0 Å². The number of halogens is 4. The van der Waals surface area contributed by atoms with Gasteiger partial charge in [0.15, 0.2) is 0 Å². The number of alkyl halides is 1. The minimum Gasteiger partial charge on any atom is -0.295 e. The average Bonchev–Trinajstić information content (AvgIpc) is 2.83. The minimum absolute atomic E-state index is 0.210. The second-order valence-corrected chi connectivity index (χ2v) is 6.19. The molecule has 0 unspecified atom stereocenters. The van der Waals surface area contributed by atoms with Crippen LogP contribution in [0.5, 0.6) is 0 Å². The predicted octanol–water partition coefficient (Wildman–Crippen LogP) is 5.63. The Kier molecular flexibility index (Phi) is 3.95. The highest BCUT2D eigenvalue weighted by atomic mass is 79.9. The highest BCUT2D eigenvalue weighted by Gasteiger charge is 2.16. The summed E-state index contributed by atoms with van der Waals surface area (Å²) in [7, 11) is 0. The summed E-state index contributed by atoms with van der Waals surface area (Å²) < 4.78 is 16.2. The van der Waals surface area contributed by atoms with E-state index in [2.05, 4.69) is 20.9 Å². The Morgan fingerprint density at radius 1 is 1.33 bits per heavy atom. The Bertz CT molecular complexity index is 845. The van der Waals surface area contributed by atoms with E-state index in [-0.39, 0.29) is 11.7 Å². The smallest absolute Gasteiger partial charge is 0.139 e. The molecule has 0 radical (unpaired) electrons. The van der Waals surface area contributed by atoms with E-state index in [0.717, 1.165) is 11.1 Å². The molecule has 108 valence electrons. The van der Waals surface area contributed by atoms with E-state index in [9.17, 15) is 4.39 Å². The Morgan fingerprint density at radius 2 is 2.10 bits per heavy atom. The zero-order chi connectivity index (χ0) is 15.1. The molecule has 0 aliphatic heterocycles. The number of aromatic nitrogens is 2. The van der Waals surface area contributed by atoms with Crippen LogP contribution in [-0.2, 0) is 5.88 Å². The van der Waals surface area contributed by atoms with Crippen LogP contribution in [0.2, 0.25) is 5.02 Å². The number of hydrogen-bond acceptors (Lipinski definition) is 1. The first kappa shape index (κ1) is 14.8. The predicted molar refractivity (Wildman–Crippen MR) is 88.0 cm³/mol. The lowest BCUT2D eigenvalue weighted by Crippen LogP contribution is -2.02.